The Morgan fingerprint density at radius 3 is 2.53 bits per heavy atom. The average molecular weight is 282 g/mol. The van der Waals surface area contributed by atoms with Gasteiger partial charge in [0.15, 0.2) is 0 Å². The number of alkyl halides is 3. The molecule has 1 aliphatic carbocycles. The summed E-state index contributed by atoms with van der Waals surface area (Å²) in [5, 5.41) is 8.89. The molecule has 1 fully saturated rings. The molecular weight excluding hydrogens is 257 g/mol. The highest BCUT2D eigenvalue weighted by Crippen LogP contribution is 2.31. The Morgan fingerprint density at radius 2 is 2.00 bits per heavy atom. The van der Waals surface area contributed by atoms with Crippen molar-refractivity contribution in [3.8, 4) is 0 Å². The molecule has 0 bridgehead atoms. The first-order valence-corrected chi connectivity index (χ1v) is 7.01. The van der Waals surface area contributed by atoms with Gasteiger partial charge in [0.2, 0.25) is 0 Å². The van der Waals surface area contributed by atoms with Gasteiger partial charge in [-0.3, -0.25) is 4.90 Å². The van der Waals surface area contributed by atoms with Gasteiger partial charge in [-0.2, -0.15) is 13.2 Å². The summed E-state index contributed by atoms with van der Waals surface area (Å²) in [4.78, 5) is 1.28. The van der Waals surface area contributed by atoms with Crippen LogP contribution >= 0.6 is 0 Å². The summed E-state index contributed by atoms with van der Waals surface area (Å²) in [6, 6.07) is -0.0165. The Balaban J connectivity index is 2.55. The van der Waals surface area contributed by atoms with E-state index in [1.54, 1.807) is 0 Å². The topological polar surface area (TPSA) is 49.5 Å². The van der Waals surface area contributed by atoms with E-state index in [-0.39, 0.29) is 25.1 Å². The predicted molar refractivity (Wildman–Crippen MR) is 68.7 cm³/mol. The second kappa shape index (κ2) is 7.45. The molecule has 3 atom stereocenters. The first kappa shape index (κ1) is 16.7. The third-order valence-corrected chi connectivity index (χ3v) is 4.04. The molecule has 19 heavy (non-hydrogen) atoms. The van der Waals surface area contributed by atoms with Crippen molar-refractivity contribution in [1.29, 1.82) is 0 Å². The number of aliphatic hydroxyl groups is 1. The Morgan fingerprint density at radius 1 is 1.32 bits per heavy atom. The monoisotopic (exact) mass is 282 g/mol. The molecule has 1 rings (SSSR count). The van der Waals surface area contributed by atoms with E-state index in [0.29, 0.717) is 12.5 Å². The second-order valence-corrected chi connectivity index (χ2v) is 5.59. The van der Waals surface area contributed by atoms with Crippen LogP contribution in [-0.2, 0) is 0 Å². The van der Waals surface area contributed by atoms with Crippen LogP contribution in [0.25, 0.3) is 0 Å². The van der Waals surface area contributed by atoms with Crippen LogP contribution in [0.1, 0.15) is 32.6 Å². The van der Waals surface area contributed by atoms with E-state index in [9.17, 15) is 13.2 Å². The average Bonchev–Trinajstić information content (AvgIpc) is 2.30. The highest BCUT2D eigenvalue weighted by atomic mass is 19.4. The van der Waals surface area contributed by atoms with E-state index in [1.165, 1.54) is 4.90 Å². The maximum atomic E-state index is 12.5. The van der Waals surface area contributed by atoms with E-state index < -0.39 is 12.7 Å². The van der Waals surface area contributed by atoms with Gasteiger partial charge in [-0.1, -0.05) is 13.3 Å². The van der Waals surface area contributed by atoms with Gasteiger partial charge in [-0.05, 0) is 31.1 Å². The van der Waals surface area contributed by atoms with Crippen LogP contribution in [0.2, 0.25) is 0 Å². The fourth-order valence-corrected chi connectivity index (χ4v) is 2.93. The van der Waals surface area contributed by atoms with Crippen molar-refractivity contribution in [1.82, 2.24) is 4.90 Å². The van der Waals surface area contributed by atoms with Crippen molar-refractivity contribution in [2.75, 3.05) is 26.2 Å². The molecule has 0 radical (unpaired) electrons. The zero-order valence-corrected chi connectivity index (χ0v) is 11.5. The molecule has 0 amide bonds. The summed E-state index contributed by atoms with van der Waals surface area (Å²) in [6.45, 7) is 1.28. The van der Waals surface area contributed by atoms with Crippen LogP contribution < -0.4 is 5.73 Å². The van der Waals surface area contributed by atoms with E-state index in [0.717, 1.165) is 25.7 Å². The van der Waals surface area contributed by atoms with Crippen LogP contribution in [0.4, 0.5) is 13.2 Å². The maximum Gasteiger partial charge on any atom is 0.401 e. The van der Waals surface area contributed by atoms with Gasteiger partial charge in [-0.15, -0.1) is 0 Å². The smallest absolute Gasteiger partial charge is 0.395 e. The summed E-state index contributed by atoms with van der Waals surface area (Å²) in [5.74, 6) is 0.680. The molecule has 3 unspecified atom stereocenters. The molecule has 0 saturated heterocycles. The molecule has 6 heteroatoms. The van der Waals surface area contributed by atoms with Crippen LogP contribution in [0.5, 0.6) is 0 Å². The number of hydrogen-bond donors (Lipinski definition) is 2. The lowest BCUT2D eigenvalue weighted by molar-refractivity contribution is -0.148. The Bertz CT molecular complexity index is 261. The lowest BCUT2D eigenvalue weighted by atomic mass is 9.77. The van der Waals surface area contributed by atoms with Crippen molar-refractivity contribution in [3.05, 3.63) is 0 Å². The highest BCUT2D eigenvalue weighted by Gasteiger charge is 2.34. The number of aliphatic hydroxyl groups excluding tert-OH is 1. The predicted octanol–water partition coefficient (Wildman–Crippen LogP) is 2.00. The lowest BCUT2D eigenvalue weighted by Gasteiger charge is -2.37. The third-order valence-electron chi connectivity index (χ3n) is 4.04. The minimum atomic E-state index is -4.22. The summed E-state index contributed by atoms with van der Waals surface area (Å²) >= 11 is 0. The number of nitrogens with two attached hydrogens (primary N) is 1. The van der Waals surface area contributed by atoms with Gasteiger partial charge in [0, 0.05) is 19.1 Å². The van der Waals surface area contributed by atoms with Crippen molar-refractivity contribution in [3.63, 3.8) is 0 Å². The fourth-order valence-electron chi connectivity index (χ4n) is 2.93. The van der Waals surface area contributed by atoms with Crippen molar-refractivity contribution in [2.45, 2.75) is 44.8 Å². The number of hydrogen-bond acceptors (Lipinski definition) is 3. The number of nitrogens with zero attached hydrogens (tertiary/aromatic N) is 1. The van der Waals surface area contributed by atoms with Gasteiger partial charge < -0.3 is 10.8 Å². The molecule has 1 aliphatic rings. The number of rotatable bonds is 6. The van der Waals surface area contributed by atoms with Crippen LogP contribution in [0.15, 0.2) is 0 Å². The minimum Gasteiger partial charge on any atom is -0.395 e. The largest absolute Gasteiger partial charge is 0.401 e. The molecule has 3 N–H and O–H groups in total. The van der Waals surface area contributed by atoms with Crippen molar-refractivity contribution >= 4 is 0 Å². The summed E-state index contributed by atoms with van der Waals surface area (Å²) in [6.07, 6.45) is -0.298. The SMILES string of the molecule is CCC1CCC(N)C(CN(CCO)CC(F)(F)F)C1. The molecule has 0 aromatic heterocycles. The third kappa shape index (κ3) is 6.10. The molecule has 0 aromatic rings. The van der Waals surface area contributed by atoms with E-state index in [1.807, 2.05) is 0 Å². The zero-order chi connectivity index (χ0) is 14.5. The minimum absolute atomic E-state index is 0.0165. The van der Waals surface area contributed by atoms with Gasteiger partial charge in [0.25, 0.3) is 0 Å². The fraction of sp³-hybridized carbons (Fsp3) is 1.00. The Labute approximate surface area is 113 Å². The lowest BCUT2D eigenvalue weighted by Crippen LogP contribution is -2.46. The van der Waals surface area contributed by atoms with Gasteiger partial charge in [-0.25, -0.2) is 0 Å². The van der Waals surface area contributed by atoms with E-state index >= 15 is 0 Å². The number of halogens is 3. The first-order chi connectivity index (χ1) is 8.85. The molecule has 3 nitrogen and oxygen atoms in total. The summed E-state index contributed by atoms with van der Waals surface area (Å²) < 4.78 is 37.4. The van der Waals surface area contributed by atoms with Gasteiger partial charge in [0.1, 0.15) is 0 Å². The molecule has 114 valence electrons. The van der Waals surface area contributed by atoms with E-state index in [2.05, 4.69) is 6.92 Å². The van der Waals surface area contributed by atoms with Crippen LogP contribution in [0, 0.1) is 11.8 Å². The molecule has 0 heterocycles. The Kier molecular flexibility index (Phi) is 6.56. The van der Waals surface area contributed by atoms with Crippen LogP contribution in [0.3, 0.4) is 0 Å². The van der Waals surface area contributed by atoms with Crippen molar-refractivity contribution < 1.29 is 18.3 Å². The molecule has 0 aliphatic heterocycles. The van der Waals surface area contributed by atoms with Gasteiger partial charge >= 0.3 is 6.18 Å². The normalized spacial score (nSPS) is 28.9. The van der Waals surface area contributed by atoms with E-state index in [4.69, 9.17) is 10.8 Å². The first-order valence-electron chi connectivity index (χ1n) is 7.01. The molecule has 1 saturated carbocycles. The zero-order valence-electron chi connectivity index (χ0n) is 11.5. The van der Waals surface area contributed by atoms with Crippen molar-refractivity contribution in [2.24, 2.45) is 17.6 Å². The maximum absolute atomic E-state index is 12.5. The molecule has 0 aromatic carbocycles. The molecule has 0 spiro atoms. The highest BCUT2D eigenvalue weighted by molar-refractivity contribution is 4.84. The Hall–Kier alpha value is -0.330. The molecular formula is C13H25F3N2O. The second-order valence-electron chi connectivity index (χ2n) is 5.59. The van der Waals surface area contributed by atoms with Gasteiger partial charge in [0.05, 0.1) is 13.2 Å². The summed E-state index contributed by atoms with van der Waals surface area (Å²) in [5.41, 5.74) is 6.03. The van der Waals surface area contributed by atoms with Crippen LogP contribution in [-0.4, -0.2) is 48.5 Å². The standard InChI is InChI=1S/C13H25F3N2O/c1-2-10-3-4-12(17)11(7-10)8-18(5-6-19)9-13(14,15)16/h10-12,19H,2-9,17H2,1H3. The summed E-state index contributed by atoms with van der Waals surface area (Å²) in [7, 11) is 0. The quantitative estimate of drug-likeness (QED) is 0.783.